The summed E-state index contributed by atoms with van der Waals surface area (Å²) in [5, 5.41) is 3.78. The lowest BCUT2D eigenvalue weighted by Gasteiger charge is -2.29. The van der Waals surface area contributed by atoms with Crippen molar-refractivity contribution < 1.29 is 0 Å². The molecule has 2 heteroatoms. The third-order valence-corrected chi connectivity index (χ3v) is 4.37. The fraction of sp³-hybridized carbons (Fsp3) is 0.647. The Morgan fingerprint density at radius 3 is 2.47 bits per heavy atom. The highest BCUT2D eigenvalue weighted by molar-refractivity contribution is 5.18. The highest BCUT2D eigenvalue weighted by Gasteiger charge is 2.19. The zero-order chi connectivity index (χ0) is 13.5. The van der Waals surface area contributed by atoms with Crippen LogP contribution in [0.2, 0.25) is 0 Å². The van der Waals surface area contributed by atoms with E-state index in [1.807, 2.05) is 0 Å². The van der Waals surface area contributed by atoms with Crippen molar-refractivity contribution in [1.29, 1.82) is 0 Å². The average molecular weight is 260 g/mol. The van der Waals surface area contributed by atoms with E-state index < -0.39 is 0 Å². The summed E-state index contributed by atoms with van der Waals surface area (Å²) in [4.78, 5) is 0. The second kappa shape index (κ2) is 7.66. The molecule has 2 atom stereocenters. The van der Waals surface area contributed by atoms with Crippen molar-refractivity contribution >= 4 is 0 Å². The maximum Gasteiger partial charge on any atom is 0.0198 e. The van der Waals surface area contributed by atoms with E-state index >= 15 is 0 Å². The summed E-state index contributed by atoms with van der Waals surface area (Å²) in [5.41, 5.74) is 7.38. The van der Waals surface area contributed by atoms with Crippen molar-refractivity contribution in [3.05, 3.63) is 35.9 Å². The van der Waals surface area contributed by atoms with Crippen molar-refractivity contribution in [3.63, 3.8) is 0 Å². The van der Waals surface area contributed by atoms with E-state index in [-0.39, 0.29) is 0 Å². The van der Waals surface area contributed by atoms with Gasteiger partial charge >= 0.3 is 0 Å². The maximum absolute atomic E-state index is 5.95. The molecule has 1 aliphatic carbocycles. The minimum Gasteiger partial charge on any atom is -0.329 e. The van der Waals surface area contributed by atoms with Crippen molar-refractivity contribution in [2.45, 2.75) is 63.5 Å². The van der Waals surface area contributed by atoms with Gasteiger partial charge < -0.3 is 11.1 Å². The normalized spacial score (nSPS) is 20.1. The number of nitrogens with one attached hydrogen (secondary N) is 1. The van der Waals surface area contributed by atoms with Gasteiger partial charge in [-0.15, -0.1) is 0 Å². The van der Waals surface area contributed by atoms with Crippen molar-refractivity contribution in [1.82, 2.24) is 5.32 Å². The Morgan fingerprint density at radius 2 is 1.84 bits per heavy atom. The van der Waals surface area contributed by atoms with E-state index in [9.17, 15) is 0 Å². The lowest BCUT2D eigenvalue weighted by Crippen LogP contribution is -2.44. The van der Waals surface area contributed by atoms with Crippen LogP contribution >= 0.6 is 0 Å². The van der Waals surface area contributed by atoms with Gasteiger partial charge in [-0.3, -0.25) is 0 Å². The van der Waals surface area contributed by atoms with Crippen LogP contribution in [-0.4, -0.2) is 18.6 Å². The van der Waals surface area contributed by atoms with Crippen LogP contribution in [0.1, 0.15) is 56.9 Å². The van der Waals surface area contributed by atoms with Gasteiger partial charge in [0.25, 0.3) is 0 Å². The zero-order valence-electron chi connectivity index (χ0n) is 12.1. The Balaban J connectivity index is 1.84. The summed E-state index contributed by atoms with van der Waals surface area (Å²) >= 11 is 0. The topological polar surface area (TPSA) is 38.0 Å². The molecule has 0 aliphatic heterocycles. The third-order valence-electron chi connectivity index (χ3n) is 4.37. The Kier molecular flexibility index (Phi) is 5.87. The van der Waals surface area contributed by atoms with Gasteiger partial charge in [0.15, 0.2) is 0 Å². The molecule has 2 rings (SSSR count). The van der Waals surface area contributed by atoms with Crippen molar-refractivity contribution in [2.24, 2.45) is 5.73 Å². The van der Waals surface area contributed by atoms with Gasteiger partial charge in [0.05, 0.1) is 0 Å². The summed E-state index contributed by atoms with van der Waals surface area (Å²) in [5.74, 6) is 0.575. The maximum atomic E-state index is 5.95. The molecular weight excluding hydrogens is 232 g/mol. The van der Waals surface area contributed by atoms with Gasteiger partial charge in [0.1, 0.15) is 0 Å². The molecule has 1 aromatic rings. The molecule has 0 saturated heterocycles. The van der Waals surface area contributed by atoms with Crippen molar-refractivity contribution in [3.8, 4) is 0 Å². The monoisotopic (exact) mass is 260 g/mol. The predicted molar refractivity (Wildman–Crippen MR) is 82.3 cm³/mol. The second-order valence-electron chi connectivity index (χ2n) is 5.98. The highest BCUT2D eigenvalue weighted by Crippen LogP contribution is 2.22. The summed E-state index contributed by atoms with van der Waals surface area (Å²) in [6.07, 6.45) is 7.96. The second-order valence-corrected chi connectivity index (χ2v) is 5.98. The first-order valence-electron chi connectivity index (χ1n) is 7.80. The predicted octanol–water partition coefficient (Wildman–Crippen LogP) is 3.43. The van der Waals surface area contributed by atoms with E-state index in [0.717, 1.165) is 13.0 Å². The van der Waals surface area contributed by atoms with Gasteiger partial charge in [-0.05, 0) is 30.7 Å². The Hall–Kier alpha value is -0.860. The summed E-state index contributed by atoms with van der Waals surface area (Å²) in [7, 11) is 0. The van der Waals surface area contributed by atoms with E-state index in [2.05, 4.69) is 42.6 Å². The average Bonchev–Trinajstić information content (AvgIpc) is 2.48. The number of benzene rings is 1. The van der Waals surface area contributed by atoms with Crippen LogP contribution < -0.4 is 11.1 Å². The minimum absolute atomic E-state index is 0.457. The number of hydrogen-bond acceptors (Lipinski definition) is 2. The molecule has 19 heavy (non-hydrogen) atoms. The van der Waals surface area contributed by atoms with E-state index in [1.165, 1.54) is 37.7 Å². The van der Waals surface area contributed by atoms with Gasteiger partial charge in [-0.2, -0.15) is 0 Å². The van der Waals surface area contributed by atoms with Gasteiger partial charge in [0.2, 0.25) is 0 Å². The number of nitrogens with two attached hydrogens (primary N) is 1. The van der Waals surface area contributed by atoms with Crippen LogP contribution in [-0.2, 0) is 0 Å². The Bertz CT molecular complexity index is 344. The summed E-state index contributed by atoms with van der Waals surface area (Å²) < 4.78 is 0. The minimum atomic E-state index is 0.457. The SMILES string of the molecule is CC(CC(CN)NC1CCCCC1)c1ccccc1. The lowest BCUT2D eigenvalue weighted by atomic mass is 9.91. The first-order valence-corrected chi connectivity index (χ1v) is 7.80. The highest BCUT2D eigenvalue weighted by atomic mass is 15.0. The molecule has 1 fully saturated rings. The van der Waals surface area contributed by atoms with Crippen LogP contribution in [0.3, 0.4) is 0 Å². The number of hydrogen-bond donors (Lipinski definition) is 2. The molecule has 2 unspecified atom stereocenters. The van der Waals surface area contributed by atoms with E-state index in [0.29, 0.717) is 18.0 Å². The van der Waals surface area contributed by atoms with Crippen LogP contribution in [0.4, 0.5) is 0 Å². The molecular formula is C17H28N2. The molecule has 0 bridgehead atoms. The van der Waals surface area contributed by atoms with Crippen LogP contribution in [0.5, 0.6) is 0 Å². The molecule has 0 aromatic heterocycles. The summed E-state index contributed by atoms with van der Waals surface area (Å²) in [6.45, 7) is 3.05. The fourth-order valence-corrected chi connectivity index (χ4v) is 3.18. The van der Waals surface area contributed by atoms with Crippen LogP contribution in [0.15, 0.2) is 30.3 Å². The van der Waals surface area contributed by atoms with Gasteiger partial charge in [-0.1, -0.05) is 56.5 Å². The Labute approximate surface area is 117 Å². The first-order chi connectivity index (χ1) is 9.29. The van der Waals surface area contributed by atoms with Crippen molar-refractivity contribution in [2.75, 3.05) is 6.54 Å². The molecule has 1 aromatic carbocycles. The quantitative estimate of drug-likeness (QED) is 0.822. The smallest absolute Gasteiger partial charge is 0.0198 e. The zero-order valence-corrected chi connectivity index (χ0v) is 12.1. The molecule has 3 N–H and O–H groups in total. The molecule has 0 amide bonds. The fourth-order valence-electron chi connectivity index (χ4n) is 3.18. The third kappa shape index (κ3) is 4.63. The molecule has 0 heterocycles. The molecule has 1 saturated carbocycles. The van der Waals surface area contributed by atoms with Crippen LogP contribution in [0.25, 0.3) is 0 Å². The lowest BCUT2D eigenvalue weighted by molar-refractivity contribution is 0.322. The van der Waals surface area contributed by atoms with Gasteiger partial charge in [0, 0.05) is 18.6 Å². The Morgan fingerprint density at radius 1 is 1.16 bits per heavy atom. The van der Waals surface area contributed by atoms with E-state index in [4.69, 9.17) is 5.73 Å². The molecule has 0 spiro atoms. The molecule has 106 valence electrons. The van der Waals surface area contributed by atoms with Crippen LogP contribution in [0, 0.1) is 0 Å². The molecule has 1 aliphatic rings. The van der Waals surface area contributed by atoms with Gasteiger partial charge in [-0.25, -0.2) is 0 Å². The molecule has 0 radical (unpaired) electrons. The number of rotatable bonds is 6. The largest absolute Gasteiger partial charge is 0.329 e. The summed E-state index contributed by atoms with van der Waals surface area (Å²) in [6, 6.07) is 11.9. The standard InChI is InChI=1S/C17H28N2/c1-14(15-8-4-2-5-9-15)12-17(13-18)19-16-10-6-3-7-11-16/h2,4-5,8-9,14,16-17,19H,3,6-7,10-13,18H2,1H3. The van der Waals surface area contributed by atoms with E-state index in [1.54, 1.807) is 0 Å². The molecule has 2 nitrogen and oxygen atoms in total. The first kappa shape index (κ1) is 14.5.